The molecule has 0 heterocycles. The first kappa shape index (κ1) is 57.4. The minimum absolute atomic E-state index is 0. The number of carboxylic acid groups (broad SMARTS) is 10. The fraction of sp³-hybridized carbons (Fsp3) is 0. The van der Waals surface area contributed by atoms with Crippen LogP contribution in [0.2, 0.25) is 0 Å². The maximum Gasteiger partial charge on any atom is 4.00 e. The van der Waals surface area contributed by atoms with Crippen LogP contribution in [0.15, 0.2) is 0 Å². The van der Waals surface area contributed by atoms with Crippen LogP contribution in [-0.2, 0) is 100 Å². The van der Waals surface area contributed by atoms with E-state index in [-0.39, 0.29) is 64.7 Å². The molecular weight excluding hydrogens is 651 g/mol. The Kier molecular flexibility index (Phi) is 57.4. The zero-order chi connectivity index (χ0) is 25.8. The Morgan fingerprint density at radius 1 is 0.235 bits per heavy atom. The Bertz CT molecular complexity index is 519. The Hall–Kier alpha value is -3.61. The van der Waals surface area contributed by atoms with Crippen molar-refractivity contribution in [2.45, 2.75) is 0 Å². The van der Waals surface area contributed by atoms with Gasteiger partial charge >= 0.3 is 52.4 Å². The molecule has 0 aromatic heterocycles. The van der Waals surface area contributed by atoms with Crippen molar-refractivity contribution in [3.63, 3.8) is 0 Å². The van der Waals surface area contributed by atoms with Gasteiger partial charge in [-0.1, -0.05) is 0 Å². The van der Waals surface area contributed by atoms with Gasteiger partial charge in [0.15, 0.2) is 0 Å². The predicted octanol–water partition coefficient (Wildman–Crippen LogP) is -16.8. The van der Waals surface area contributed by atoms with Gasteiger partial charge in [0.05, 0.1) is 59.7 Å². The van der Waals surface area contributed by atoms with Crippen molar-refractivity contribution in [2.24, 2.45) is 0 Å². The number of carboxylic acids is 10. The quantitative estimate of drug-likeness (QED) is 0.228. The Balaban J connectivity index is -0.0000000319. The SMILES string of the molecule is O=C([O-])C(=O)[O-].O=C([O-])C(=O)[O-].O=C([O-])C(=O)[O-].O=C([O-])C(=O)[O-].O=C([O-])C(=O)[O-].[NH4+].[NH4+].[Zr+4].[Zr+4]. The molecular formula is C10H8N2O20Zr2. The molecule has 0 aromatic carbocycles. The van der Waals surface area contributed by atoms with Crippen LogP contribution in [0.3, 0.4) is 0 Å². The molecule has 0 rings (SSSR count). The van der Waals surface area contributed by atoms with Gasteiger partial charge in [0.2, 0.25) is 0 Å². The molecule has 0 fully saturated rings. The molecule has 0 spiro atoms. The first-order chi connectivity index (χ1) is 13.2. The van der Waals surface area contributed by atoms with Gasteiger partial charge < -0.3 is 111 Å². The van der Waals surface area contributed by atoms with Gasteiger partial charge in [0.1, 0.15) is 0 Å². The third kappa shape index (κ3) is 79.3. The van der Waals surface area contributed by atoms with Crippen molar-refractivity contribution in [3.8, 4) is 0 Å². The second kappa shape index (κ2) is 34.0. The zero-order valence-electron chi connectivity index (χ0n) is 16.2. The number of quaternary nitrogens is 2. The van der Waals surface area contributed by atoms with E-state index in [0.717, 1.165) is 0 Å². The van der Waals surface area contributed by atoms with Crippen LogP contribution < -0.4 is 63.4 Å². The third-order valence-corrected chi connectivity index (χ3v) is 0.833. The average Bonchev–Trinajstić information content (AvgIpc) is 2.56. The summed E-state index contributed by atoms with van der Waals surface area (Å²) in [5.74, 6) is -21.9. The fourth-order valence-corrected chi connectivity index (χ4v) is 0. The number of rotatable bonds is 0. The van der Waals surface area contributed by atoms with Crippen LogP contribution in [-0.4, -0.2) is 59.7 Å². The van der Waals surface area contributed by atoms with Crippen molar-refractivity contribution in [3.05, 3.63) is 0 Å². The largest absolute Gasteiger partial charge is 4.00 e. The summed E-state index contributed by atoms with van der Waals surface area (Å²) in [6, 6.07) is 0. The van der Waals surface area contributed by atoms with Gasteiger partial charge in [-0.25, -0.2) is 0 Å². The van der Waals surface area contributed by atoms with E-state index in [1.807, 2.05) is 0 Å². The standard InChI is InChI=1S/5C2H2O4.2H3N.2Zr/c5*3-1(4)2(5)6;;;;/h5*(H,3,4)(H,5,6);2*1H3;;/q;;;;;;;2*+4/p-8. The second-order valence-corrected chi connectivity index (χ2v) is 2.87. The van der Waals surface area contributed by atoms with Crippen LogP contribution in [0.25, 0.3) is 0 Å². The van der Waals surface area contributed by atoms with Crippen LogP contribution in [0, 0.1) is 0 Å². The smallest absolute Gasteiger partial charge is 0.543 e. The van der Waals surface area contributed by atoms with E-state index < -0.39 is 59.7 Å². The topological polar surface area (TPSA) is 474 Å². The van der Waals surface area contributed by atoms with Gasteiger partial charge in [-0.05, 0) is 0 Å². The van der Waals surface area contributed by atoms with Crippen LogP contribution >= 0.6 is 0 Å². The molecule has 22 nitrogen and oxygen atoms in total. The average molecular weight is 659 g/mol. The molecule has 0 unspecified atom stereocenters. The van der Waals surface area contributed by atoms with Crippen molar-refractivity contribution >= 4 is 59.7 Å². The molecule has 0 aliphatic heterocycles. The van der Waals surface area contributed by atoms with Gasteiger partial charge in [0.25, 0.3) is 0 Å². The van der Waals surface area contributed by atoms with Crippen LogP contribution in [0.1, 0.15) is 0 Å². The summed E-state index contributed by atoms with van der Waals surface area (Å²) < 4.78 is 0. The van der Waals surface area contributed by atoms with Gasteiger partial charge in [-0.15, -0.1) is 0 Å². The maximum absolute atomic E-state index is 8.93. The molecule has 0 aromatic rings. The van der Waals surface area contributed by atoms with Gasteiger partial charge in [-0.3, -0.25) is 0 Å². The Labute approximate surface area is 222 Å². The molecule has 34 heavy (non-hydrogen) atoms. The van der Waals surface area contributed by atoms with Crippen molar-refractivity contribution < 1.29 is 151 Å². The molecule has 0 radical (unpaired) electrons. The van der Waals surface area contributed by atoms with E-state index in [0.29, 0.717) is 0 Å². The third-order valence-electron chi connectivity index (χ3n) is 0.833. The molecule has 24 heteroatoms. The molecule has 0 bridgehead atoms. The number of carbonyl (C=O) groups is 10. The van der Waals surface area contributed by atoms with Crippen molar-refractivity contribution in [1.29, 1.82) is 0 Å². The Morgan fingerprint density at radius 2 is 0.265 bits per heavy atom. The molecule has 0 saturated heterocycles. The summed E-state index contributed by atoms with van der Waals surface area (Å²) in [6.07, 6.45) is 0. The zero-order valence-corrected chi connectivity index (χ0v) is 21.1. The molecule has 0 amide bonds. The van der Waals surface area contributed by atoms with E-state index >= 15 is 0 Å². The first-order valence-corrected chi connectivity index (χ1v) is 5.33. The summed E-state index contributed by atoms with van der Waals surface area (Å²) in [5.41, 5.74) is 0. The summed E-state index contributed by atoms with van der Waals surface area (Å²) >= 11 is 0. The minimum atomic E-state index is -2.19. The number of hydrogen-bond donors (Lipinski definition) is 2. The normalized spacial score (nSPS) is 6.47. The summed E-state index contributed by atoms with van der Waals surface area (Å²) in [4.78, 5) is 89.3. The van der Waals surface area contributed by atoms with E-state index in [1.54, 1.807) is 0 Å². The summed E-state index contributed by atoms with van der Waals surface area (Å²) in [6.45, 7) is 0. The van der Waals surface area contributed by atoms with E-state index in [1.165, 1.54) is 0 Å². The van der Waals surface area contributed by atoms with E-state index in [2.05, 4.69) is 0 Å². The fourth-order valence-electron chi connectivity index (χ4n) is 0. The maximum atomic E-state index is 8.93. The predicted molar refractivity (Wildman–Crippen MR) is 62.0 cm³/mol. The summed E-state index contributed by atoms with van der Waals surface area (Å²) in [5, 5.41) is 89.3. The van der Waals surface area contributed by atoms with Crippen molar-refractivity contribution in [2.75, 3.05) is 0 Å². The summed E-state index contributed by atoms with van der Waals surface area (Å²) in [7, 11) is 0. The number of hydrogen-bond acceptors (Lipinski definition) is 20. The van der Waals surface area contributed by atoms with Gasteiger partial charge in [-0.2, -0.15) is 0 Å². The van der Waals surface area contributed by atoms with Gasteiger partial charge in [0, 0.05) is 0 Å². The van der Waals surface area contributed by atoms with E-state index in [4.69, 9.17) is 99.0 Å². The molecule has 186 valence electrons. The number of carbonyl (C=O) groups excluding carboxylic acids is 10. The molecule has 8 N–H and O–H groups in total. The number of aliphatic carboxylic acids is 10. The van der Waals surface area contributed by atoms with Crippen LogP contribution in [0.5, 0.6) is 0 Å². The Morgan fingerprint density at radius 3 is 0.265 bits per heavy atom. The molecule has 0 atom stereocenters. The van der Waals surface area contributed by atoms with E-state index in [9.17, 15) is 0 Å². The minimum Gasteiger partial charge on any atom is -0.543 e. The van der Waals surface area contributed by atoms with Crippen LogP contribution in [0.4, 0.5) is 0 Å². The first-order valence-electron chi connectivity index (χ1n) is 5.33. The van der Waals surface area contributed by atoms with Crippen molar-refractivity contribution in [1.82, 2.24) is 12.3 Å². The molecule has 0 aliphatic carbocycles. The molecule has 0 aliphatic rings. The molecule has 0 saturated carbocycles. The second-order valence-electron chi connectivity index (χ2n) is 2.87. The monoisotopic (exact) mass is 656 g/mol.